The first-order valence-corrected chi connectivity index (χ1v) is 17.2. The Labute approximate surface area is 298 Å². The molecule has 0 radical (unpaired) electrons. The molecule has 2 fully saturated rings. The second-order valence-electron chi connectivity index (χ2n) is 12.8. The number of aryl methyl sites for hydroxylation is 1. The number of nitriles is 1. The molecule has 2 aliphatic heterocycles. The summed E-state index contributed by atoms with van der Waals surface area (Å²) in [6, 6.07) is 20.0. The Morgan fingerprint density at radius 3 is 1.75 bits per heavy atom. The van der Waals surface area contributed by atoms with Crippen LogP contribution in [0.5, 0.6) is 0 Å². The predicted octanol–water partition coefficient (Wildman–Crippen LogP) is 2.77. The SMILES string of the molecule is Cc1cn2cc(-c3cc(=O)n4cc(N5CCNCC5)ccc4n3)nc2cn1.N#Cc1ccc(-c2cc(=O)n3cc(N4CCNCC4)ccc3n2)cc1. The Morgan fingerprint density at radius 1 is 0.635 bits per heavy atom. The lowest BCUT2D eigenvalue weighted by molar-refractivity contribution is 0.588. The fourth-order valence-electron chi connectivity index (χ4n) is 6.52. The molecule has 6 aromatic heterocycles. The molecule has 0 amide bonds. The summed E-state index contributed by atoms with van der Waals surface area (Å²) in [7, 11) is 0. The van der Waals surface area contributed by atoms with E-state index in [9.17, 15) is 9.59 Å². The Bertz CT molecular complexity index is 2570. The molecule has 260 valence electrons. The Balaban J connectivity index is 0.000000149. The van der Waals surface area contributed by atoms with Crippen molar-refractivity contribution in [3.8, 4) is 28.7 Å². The zero-order valence-corrected chi connectivity index (χ0v) is 28.6. The molecule has 1 aromatic carbocycles. The van der Waals surface area contributed by atoms with E-state index >= 15 is 0 Å². The second-order valence-corrected chi connectivity index (χ2v) is 12.8. The standard InChI is InChI=1S/C19H19N7O.C19H17N5O/c1-13-10-25-12-16(23-18(25)9-21-13)15-8-19(27)26-11-14(2-3-17(26)22-15)24-6-4-20-5-7-24;20-12-14-1-3-15(4-2-14)17-11-19(25)24-13-16(5-6-18(24)22-17)23-9-7-21-8-10-23/h2-3,8-12,20H,4-7H2,1H3;1-6,11,13,21H,7-10H2. The third-order valence-corrected chi connectivity index (χ3v) is 9.29. The van der Waals surface area contributed by atoms with Crippen molar-refractivity contribution in [2.24, 2.45) is 0 Å². The topological polar surface area (TPSA) is 153 Å². The van der Waals surface area contributed by atoms with Gasteiger partial charge in [-0.25, -0.2) is 15.0 Å². The van der Waals surface area contributed by atoms with Crippen molar-refractivity contribution in [3.63, 3.8) is 0 Å². The van der Waals surface area contributed by atoms with Crippen LogP contribution in [0.15, 0.2) is 101 Å². The van der Waals surface area contributed by atoms with E-state index in [1.807, 2.05) is 72.5 Å². The number of fused-ring (bicyclic) bond motifs is 3. The maximum atomic E-state index is 12.7. The summed E-state index contributed by atoms with van der Waals surface area (Å²) in [5, 5.41) is 15.6. The van der Waals surface area contributed by atoms with Crippen molar-refractivity contribution in [2.45, 2.75) is 6.92 Å². The summed E-state index contributed by atoms with van der Waals surface area (Å²) < 4.78 is 5.08. The van der Waals surface area contributed by atoms with Gasteiger partial charge in [0.15, 0.2) is 5.65 Å². The number of aromatic nitrogens is 7. The summed E-state index contributed by atoms with van der Waals surface area (Å²) in [5.41, 5.74) is 7.96. The molecule has 0 saturated carbocycles. The first-order valence-electron chi connectivity index (χ1n) is 17.2. The van der Waals surface area contributed by atoms with Gasteiger partial charge in [0, 0.05) is 94.8 Å². The van der Waals surface area contributed by atoms with E-state index in [1.54, 1.807) is 27.1 Å². The number of anilines is 2. The van der Waals surface area contributed by atoms with Gasteiger partial charge in [-0.3, -0.25) is 23.4 Å². The van der Waals surface area contributed by atoms with Crippen LogP contribution in [0.1, 0.15) is 11.3 Å². The Kier molecular flexibility index (Phi) is 8.86. The molecule has 7 aromatic rings. The smallest absolute Gasteiger partial charge is 0.258 e. The average Bonchev–Trinajstić information content (AvgIpc) is 3.62. The molecular weight excluding hydrogens is 656 g/mol. The minimum atomic E-state index is -0.113. The van der Waals surface area contributed by atoms with E-state index in [-0.39, 0.29) is 11.1 Å². The molecule has 14 heteroatoms. The largest absolute Gasteiger partial charge is 0.368 e. The minimum Gasteiger partial charge on any atom is -0.368 e. The van der Waals surface area contributed by atoms with Crippen LogP contribution in [0.2, 0.25) is 0 Å². The van der Waals surface area contributed by atoms with Gasteiger partial charge in [0.25, 0.3) is 11.1 Å². The summed E-state index contributed by atoms with van der Waals surface area (Å²) in [6.07, 6.45) is 9.22. The van der Waals surface area contributed by atoms with Gasteiger partial charge in [-0.2, -0.15) is 5.26 Å². The number of nitrogens with zero attached hydrogens (tertiary/aromatic N) is 10. The lowest BCUT2D eigenvalue weighted by atomic mass is 10.1. The highest BCUT2D eigenvalue weighted by molar-refractivity contribution is 5.64. The van der Waals surface area contributed by atoms with E-state index in [4.69, 9.17) is 5.26 Å². The summed E-state index contributed by atoms with van der Waals surface area (Å²) >= 11 is 0. The molecule has 0 unspecified atom stereocenters. The van der Waals surface area contributed by atoms with Crippen molar-refractivity contribution >= 4 is 28.3 Å². The van der Waals surface area contributed by atoms with E-state index < -0.39 is 0 Å². The molecule has 2 N–H and O–H groups in total. The second kappa shape index (κ2) is 14.1. The van der Waals surface area contributed by atoms with Crippen LogP contribution in [0, 0.1) is 18.3 Å². The maximum absolute atomic E-state index is 12.7. The monoisotopic (exact) mass is 692 g/mol. The molecule has 52 heavy (non-hydrogen) atoms. The number of piperazine rings is 2. The van der Waals surface area contributed by atoms with Crippen molar-refractivity contribution < 1.29 is 0 Å². The van der Waals surface area contributed by atoms with Crippen molar-refractivity contribution in [3.05, 3.63) is 124 Å². The zero-order chi connectivity index (χ0) is 35.6. The molecule has 14 nitrogen and oxygen atoms in total. The van der Waals surface area contributed by atoms with Crippen molar-refractivity contribution in [2.75, 3.05) is 62.2 Å². The van der Waals surface area contributed by atoms with Gasteiger partial charge in [-0.1, -0.05) is 12.1 Å². The summed E-state index contributed by atoms with van der Waals surface area (Å²) in [6.45, 7) is 9.44. The number of nitrogens with one attached hydrogen (secondary N) is 2. The number of rotatable bonds is 4. The third-order valence-electron chi connectivity index (χ3n) is 9.29. The van der Waals surface area contributed by atoms with Crippen LogP contribution in [0.4, 0.5) is 11.4 Å². The van der Waals surface area contributed by atoms with Crippen LogP contribution < -0.4 is 31.6 Å². The normalized spacial score (nSPS) is 14.7. The van der Waals surface area contributed by atoms with Gasteiger partial charge in [0.05, 0.1) is 46.3 Å². The lowest BCUT2D eigenvalue weighted by Crippen LogP contribution is -2.43. The zero-order valence-electron chi connectivity index (χ0n) is 28.6. The van der Waals surface area contributed by atoms with Crippen LogP contribution in [0.3, 0.4) is 0 Å². The number of pyridine rings is 2. The molecule has 0 spiro atoms. The van der Waals surface area contributed by atoms with Crippen molar-refractivity contribution in [1.29, 1.82) is 5.26 Å². The first-order chi connectivity index (χ1) is 25.4. The quantitative estimate of drug-likeness (QED) is 0.280. The van der Waals surface area contributed by atoms with E-state index in [2.05, 4.69) is 46.4 Å². The minimum absolute atomic E-state index is 0.110. The molecule has 0 aliphatic carbocycles. The van der Waals surface area contributed by atoms with Crippen LogP contribution in [0.25, 0.3) is 39.6 Å². The van der Waals surface area contributed by atoms with E-state index in [1.165, 1.54) is 12.1 Å². The number of hydrogen-bond acceptors (Lipinski definition) is 11. The molecular formula is C38H36N12O2. The third kappa shape index (κ3) is 6.70. The highest BCUT2D eigenvalue weighted by Gasteiger charge is 2.15. The van der Waals surface area contributed by atoms with Gasteiger partial charge < -0.3 is 24.8 Å². The summed E-state index contributed by atoms with van der Waals surface area (Å²) in [4.78, 5) is 47.9. The maximum Gasteiger partial charge on any atom is 0.258 e. The number of imidazole rings is 1. The molecule has 0 atom stereocenters. The van der Waals surface area contributed by atoms with Gasteiger partial charge >= 0.3 is 0 Å². The van der Waals surface area contributed by atoms with E-state index in [0.29, 0.717) is 33.9 Å². The highest BCUT2D eigenvalue weighted by Crippen LogP contribution is 2.21. The van der Waals surface area contributed by atoms with Crippen LogP contribution >= 0.6 is 0 Å². The number of benzene rings is 1. The fraction of sp³-hybridized carbons (Fsp3) is 0.237. The Morgan fingerprint density at radius 2 is 1.17 bits per heavy atom. The van der Waals surface area contributed by atoms with Gasteiger partial charge in [-0.15, -0.1) is 0 Å². The first kappa shape index (κ1) is 32.8. The Hall–Kier alpha value is -6.43. The van der Waals surface area contributed by atoms with E-state index in [0.717, 1.165) is 80.6 Å². The molecule has 2 saturated heterocycles. The molecule has 2 aliphatic rings. The average molecular weight is 693 g/mol. The predicted molar refractivity (Wildman–Crippen MR) is 200 cm³/mol. The summed E-state index contributed by atoms with van der Waals surface area (Å²) in [5.74, 6) is 0. The molecule has 8 heterocycles. The number of hydrogen-bond donors (Lipinski definition) is 2. The fourth-order valence-corrected chi connectivity index (χ4v) is 6.52. The van der Waals surface area contributed by atoms with Crippen LogP contribution in [-0.4, -0.2) is 85.5 Å². The van der Waals surface area contributed by atoms with Crippen LogP contribution in [-0.2, 0) is 0 Å². The lowest BCUT2D eigenvalue weighted by Gasteiger charge is -2.29. The van der Waals surface area contributed by atoms with Crippen molar-refractivity contribution in [1.82, 2.24) is 43.8 Å². The molecule has 0 bridgehead atoms. The van der Waals surface area contributed by atoms with Gasteiger partial charge in [0.2, 0.25) is 0 Å². The highest BCUT2D eigenvalue weighted by atomic mass is 16.1. The van der Waals surface area contributed by atoms with Gasteiger partial charge in [0.1, 0.15) is 17.0 Å². The van der Waals surface area contributed by atoms with Gasteiger partial charge in [-0.05, 0) is 43.3 Å². The molecule has 9 rings (SSSR count).